The highest BCUT2D eigenvalue weighted by Crippen LogP contribution is 2.62. The number of carbonyl (C=O) groups is 3. The predicted octanol–water partition coefficient (Wildman–Crippen LogP) is 2.86. The van der Waals surface area contributed by atoms with Gasteiger partial charge in [0.1, 0.15) is 5.69 Å². The standard InChI is InChI=1S/C31H39N5O7/c1-18(30-13-19-8-20(14-30)10-21(9-19)15-30)35-28(38)31(27(37)32-29(35)39)16-22-11-25(36(40)41)24(33-2-5-42-6-3-33)12-23(22)34-4-7-43-17-26(31)34/h11-12,18-21,26H,2-10,13-17H2,1H3,(H,32,37,39)/t18-,19?,20?,21?,26+,30?,31-/m0/s1. The Bertz CT molecular complexity index is 1370. The number of nitrogens with one attached hydrogen (secondary N) is 1. The maximum atomic E-state index is 14.9. The lowest BCUT2D eigenvalue weighted by molar-refractivity contribution is -0.384. The van der Waals surface area contributed by atoms with Gasteiger partial charge < -0.3 is 19.3 Å². The van der Waals surface area contributed by atoms with E-state index in [4.69, 9.17) is 9.47 Å². The third-order valence-corrected chi connectivity index (χ3v) is 12.0. The zero-order chi connectivity index (χ0) is 29.7. The normalized spacial score (nSPS) is 37.3. The molecule has 230 valence electrons. The number of amides is 4. The number of imide groups is 2. The lowest BCUT2D eigenvalue weighted by Crippen LogP contribution is -2.76. The molecule has 0 radical (unpaired) electrons. The minimum Gasteiger partial charge on any atom is -0.378 e. The van der Waals surface area contributed by atoms with E-state index in [1.807, 2.05) is 22.8 Å². The second-order valence-electron chi connectivity index (χ2n) is 14.1. The summed E-state index contributed by atoms with van der Waals surface area (Å²) in [6.07, 6.45) is 6.72. The SMILES string of the molecule is C[C@H](N1C(=O)NC(=O)[C@@]2(Cc3cc([N+](=O)[O-])c(N4CCOCC4)cc3N3CCOC[C@@H]32)C1=O)C12CC3CC(CC(C3)C1)C2. The molecular formula is C31H39N5O7. The molecule has 4 aliphatic carbocycles. The van der Waals surface area contributed by atoms with Gasteiger partial charge in [0, 0.05) is 43.9 Å². The second kappa shape index (κ2) is 9.62. The summed E-state index contributed by atoms with van der Waals surface area (Å²) in [7, 11) is 0. The number of ether oxygens (including phenoxy) is 2. The highest BCUT2D eigenvalue weighted by molar-refractivity contribution is 6.20. The van der Waals surface area contributed by atoms with Crippen molar-refractivity contribution in [1.82, 2.24) is 10.2 Å². The Morgan fingerprint density at radius 1 is 0.953 bits per heavy atom. The van der Waals surface area contributed by atoms with Crippen molar-refractivity contribution < 1.29 is 28.8 Å². The fourth-order valence-electron chi connectivity index (χ4n) is 10.4. The van der Waals surface area contributed by atoms with E-state index in [-0.39, 0.29) is 30.2 Å². The summed E-state index contributed by atoms with van der Waals surface area (Å²) in [5, 5.41) is 14.9. The number of nitro benzene ring substituents is 1. The first kappa shape index (κ1) is 27.3. The number of fused-ring (bicyclic) bond motifs is 4. The molecule has 4 bridgehead atoms. The van der Waals surface area contributed by atoms with Crippen LogP contribution in [0.2, 0.25) is 0 Å². The minimum absolute atomic E-state index is 0.0286. The van der Waals surface area contributed by atoms with Gasteiger partial charge in [-0.1, -0.05) is 0 Å². The molecule has 0 aromatic heterocycles. The number of hydrogen-bond donors (Lipinski definition) is 1. The van der Waals surface area contributed by atoms with Gasteiger partial charge in [-0.2, -0.15) is 0 Å². The van der Waals surface area contributed by atoms with Gasteiger partial charge >= 0.3 is 6.03 Å². The third-order valence-electron chi connectivity index (χ3n) is 12.0. The Hall–Kier alpha value is -3.25. The van der Waals surface area contributed by atoms with Gasteiger partial charge in [-0.3, -0.25) is 29.9 Å². The van der Waals surface area contributed by atoms with Crippen LogP contribution in [0.3, 0.4) is 0 Å². The summed E-state index contributed by atoms with van der Waals surface area (Å²) in [6.45, 7) is 5.02. The molecule has 4 heterocycles. The zero-order valence-corrected chi connectivity index (χ0v) is 24.6. The summed E-state index contributed by atoms with van der Waals surface area (Å²) >= 11 is 0. The lowest BCUT2D eigenvalue weighted by atomic mass is 9.47. The Kier molecular flexibility index (Phi) is 6.11. The van der Waals surface area contributed by atoms with Crippen molar-refractivity contribution in [2.75, 3.05) is 55.9 Å². The first-order valence-electron chi connectivity index (χ1n) is 15.9. The van der Waals surface area contributed by atoms with E-state index in [2.05, 4.69) is 5.32 Å². The Morgan fingerprint density at radius 3 is 2.26 bits per heavy atom. The highest BCUT2D eigenvalue weighted by Gasteiger charge is 2.65. The summed E-state index contributed by atoms with van der Waals surface area (Å²) < 4.78 is 11.4. The van der Waals surface area contributed by atoms with Crippen LogP contribution in [-0.2, 0) is 25.5 Å². The van der Waals surface area contributed by atoms with Crippen LogP contribution in [0.25, 0.3) is 0 Å². The van der Waals surface area contributed by atoms with Crippen molar-refractivity contribution in [2.24, 2.45) is 28.6 Å². The number of barbiturate groups is 1. The monoisotopic (exact) mass is 593 g/mol. The van der Waals surface area contributed by atoms with Gasteiger partial charge in [-0.15, -0.1) is 0 Å². The number of anilines is 2. The fourth-order valence-corrected chi connectivity index (χ4v) is 10.4. The van der Waals surface area contributed by atoms with Crippen LogP contribution in [-0.4, -0.2) is 85.8 Å². The van der Waals surface area contributed by atoms with E-state index in [0.29, 0.717) is 68.5 Å². The Morgan fingerprint density at radius 2 is 1.60 bits per heavy atom. The van der Waals surface area contributed by atoms with E-state index in [1.54, 1.807) is 0 Å². The van der Waals surface area contributed by atoms with E-state index in [1.165, 1.54) is 30.2 Å². The summed E-state index contributed by atoms with van der Waals surface area (Å²) in [5.74, 6) is 0.782. The number of urea groups is 1. The van der Waals surface area contributed by atoms with Crippen LogP contribution in [0.5, 0.6) is 0 Å². The van der Waals surface area contributed by atoms with Gasteiger partial charge in [0.15, 0.2) is 5.41 Å². The zero-order valence-electron chi connectivity index (χ0n) is 24.6. The molecule has 43 heavy (non-hydrogen) atoms. The van der Waals surface area contributed by atoms with Crippen molar-refractivity contribution >= 4 is 34.9 Å². The quantitative estimate of drug-likeness (QED) is 0.318. The number of rotatable bonds is 4. The Balaban J connectivity index is 1.21. The first-order valence-corrected chi connectivity index (χ1v) is 15.9. The minimum atomic E-state index is -1.63. The van der Waals surface area contributed by atoms with Gasteiger partial charge in [0.2, 0.25) is 11.8 Å². The number of nitro groups is 1. The van der Waals surface area contributed by atoms with Gasteiger partial charge in [-0.25, -0.2) is 4.79 Å². The largest absolute Gasteiger partial charge is 0.378 e. The van der Waals surface area contributed by atoms with E-state index in [0.717, 1.165) is 24.9 Å². The van der Waals surface area contributed by atoms with Gasteiger partial charge in [-0.05, 0) is 80.2 Å². The molecule has 9 rings (SSSR count). The average molecular weight is 594 g/mol. The third kappa shape index (κ3) is 3.91. The van der Waals surface area contributed by atoms with E-state index in [9.17, 15) is 24.5 Å². The van der Waals surface area contributed by atoms with Crippen molar-refractivity contribution in [3.63, 3.8) is 0 Å². The molecule has 3 saturated heterocycles. The van der Waals surface area contributed by atoms with Crippen molar-refractivity contribution in [3.05, 3.63) is 27.8 Å². The number of benzene rings is 1. The number of carbonyl (C=O) groups excluding carboxylic acids is 3. The summed E-state index contributed by atoms with van der Waals surface area (Å²) in [4.78, 5) is 59.7. The molecule has 1 aromatic carbocycles. The summed E-state index contributed by atoms with van der Waals surface area (Å²) in [5.41, 5.74) is 0.0452. The highest BCUT2D eigenvalue weighted by atomic mass is 16.6. The maximum absolute atomic E-state index is 14.9. The molecule has 3 atom stereocenters. The van der Waals surface area contributed by atoms with Crippen molar-refractivity contribution in [3.8, 4) is 0 Å². The number of nitrogens with zero attached hydrogens (tertiary/aromatic N) is 4. The molecule has 0 unspecified atom stereocenters. The van der Waals surface area contributed by atoms with Crippen LogP contribution < -0.4 is 15.1 Å². The lowest BCUT2D eigenvalue weighted by Gasteiger charge is -2.61. The van der Waals surface area contributed by atoms with E-state index >= 15 is 0 Å². The van der Waals surface area contributed by atoms with E-state index < -0.39 is 34.2 Å². The fraction of sp³-hybridized carbons (Fsp3) is 0.710. The first-order chi connectivity index (χ1) is 20.7. The molecule has 12 nitrogen and oxygen atoms in total. The molecular weight excluding hydrogens is 554 g/mol. The number of morpholine rings is 2. The maximum Gasteiger partial charge on any atom is 0.331 e. The molecule has 1 N–H and O–H groups in total. The Labute approximate surface area is 250 Å². The van der Waals surface area contributed by atoms with Crippen LogP contribution in [0.15, 0.2) is 12.1 Å². The molecule has 4 aliphatic heterocycles. The molecule has 12 heteroatoms. The average Bonchev–Trinajstić information content (AvgIpc) is 2.99. The van der Waals surface area contributed by atoms with Crippen LogP contribution in [0.4, 0.5) is 21.9 Å². The smallest absolute Gasteiger partial charge is 0.331 e. The van der Waals surface area contributed by atoms with Crippen LogP contribution in [0.1, 0.15) is 51.0 Å². The second-order valence-corrected chi connectivity index (χ2v) is 14.1. The predicted molar refractivity (Wildman–Crippen MR) is 155 cm³/mol. The van der Waals surface area contributed by atoms with Crippen molar-refractivity contribution in [1.29, 1.82) is 0 Å². The van der Waals surface area contributed by atoms with Gasteiger partial charge in [0.05, 0.1) is 37.4 Å². The van der Waals surface area contributed by atoms with Crippen LogP contribution in [0, 0.1) is 38.7 Å². The molecule has 1 aromatic rings. The molecule has 8 aliphatic rings. The molecule has 7 fully saturated rings. The summed E-state index contributed by atoms with van der Waals surface area (Å²) in [6, 6.07) is 1.75. The molecule has 4 amide bonds. The number of hydrogen-bond acceptors (Lipinski definition) is 9. The topological polar surface area (TPSA) is 135 Å². The van der Waals surface area contributed by atoms with Gasteiger partial charge in [0.25, 0.3) is 5.69 Å². The van der Waals surface area contributed by atoms with Crippen LogP contribution >= 0.6 is 0 Å². The van der Waals surface area contributed by atoms with Crippen molar-refractivity contribution in [2.45, 2.75) is 64.0 Å². The molecule has 4 saturated carbocycles. The molecule has 1 spiro atoms.